The Balaban J connectivity index is 2.42. The number of esters is 1. The van der Waals surface area contributed by atoms with Crippen molar-refractivity contribution in [2.24, 2.45) is 0 Å². The van der Waals surface area contributed by atoms with Gasteiger partial charge < -0.3 is 18.8 Å². The minimum atomic E-state index is -4.89. The summed E-state index contributed by atoms with van der Waals surface area (Å²) < 4.78 is 57.6. The fourth-order valence-electron chi connectivity index (χ4n) is 2.17. The standard InChI is InChI=1S/C15H18BF3O5/c1-13(2)14(3,4)24-16(23-13)10-6-9(12(20)21-5)7-11(8-10)22-15(17,18)19/h6-8H,1-5H3. The zero-order valence-electron chi connectivity index (χ0n) is 14.0. The Hall–Kier alpha value is -1.74. The van der Waals surface area contributed by atoms with Gasteiger partial charge in [-0.2, -0.15) is 0 Å². The van der Waals surface area contributed by atoms with E-state index in [-0.39, 0.29) is 11.0 Å². The first-order valence-corrected chi connectivity index (χ1v) is 7.19. The van der Waals surface area contributed by atoms with Crippen molar-refractivity contribution in [2.45, 2.75) is 45.3 Å². The molecule has 0 bridgehead atoms. The van der Waals surface area contributed by atoms with Crippen molar-refractivity contribution in [3.63, 3.8) is 0 Å². The number of carbonyl (C=O) groups is 1. The molecule has 1 aromatic rings. The highest BCUT2D eigenvalue weighted by Crippen LogP contribution is 2.37. The fourth-order valence-corrected chi connectivity index (χ4v) is 2.17. The van der Waals surface area contributed by atoms with Crippen molar-refractivity contribution < 1.29 is 36.7 Å². The number of alkyl halides is 3. The molecule has 0 N–H and O–H groups in total. The van der Waals surface area contributed by atoms with Crippen LogP contribution in [-0.4, -0.2) is 37.8 Å². The molecule has 1 aromatic carbocycles. The van der Waals surface area contributed by atoms with Gasteiger partial charge in [0, 0.05) is 0 Å². The van der Waals surface area contributed by atoms with E-state index in [0.717, 1.165) is 19.2 Å². The molecule has 0 aliphatic carbocycles. The molecule has 1 saturated heterocycles. The highest BCUT2D eigenvalue weighted by Gasteiger charge is 2.52. The summed E-state index contributed by atoms with van der Waals surface area (Å²) in [6, 6.07) is 3.44. The molecule has 0 spiro atoms. The highest BCUT2D eigenvalue weighted by atomic mass is 19.4. The second-order valence-electron chi connectivity index (χ2n) is 6.42. The summed E-state index contributed by atoms with van der Waals surface area (Å²) in [6.07, 6.45) is -4.89. The maximum atomic E-state index is 12.5. The van der Waals surface area contributed by atoms with Crippen LogP contribution in [0.5, 0.6) is 5.75 Å². The van der Waals surface area contributed by atoms with Crippen molar-refractivity contribution in [2.75, 3.05) is 7.11 Å². The van der Waals surface area contributed by atoms with E-state index in [9.17, 15) is 18.0 Å². The van der Waals surface area contributed by atoms with Crippen LogP contribution >= 0.6 is 0 Å². The Morgan fingerprint density at radius 1 is 1.08 bits per heavy atom. The molecule has 9 heteroatoms. The fraction of sp³-hybridized carbons (Fsp3) is 0.533. The molecular formula is C15H18BF3O5. The van der Waals surface area contributed by atoms with Gasteiger partial charge in [-0.15, -0.1) is 13.2 Å². The molecule has 1 aliphatic heterocycles. The zero-order valence-corrected chi connectivity index (χ0v) is 14.0. The number of benzene rings is 1. The summed E-state index contributed by atoms with van der Waals surface area (Å²) in [6.45, 7) is 7.24. The molecule has 0 radical (unpaired) electrons. The Kier molecular flexibility index (Phi) is 4.62. The molecule has 1 aliphatic rings. The van der Waals surface area contributed by atoms with E-state index < -0.39 is 36.4 Å². The van der Waals surface area contributed by atoms with Gasteiger partial charge in [0.05, 0.1) is 23.9 Å². The summed E-state index contributed by atoms with van der Waals surface area (Å²) in [5.74, 6) is -1.34. The van der Waals surface area contributed by atoms with Crippen molar-refractivity contribution >= 4 is 18.6 Å². The molecule has 0 saturated carbocycles. The molecule has 0 unspecified atom stereocenters. The Labute approximate surface area is 138 Å². The minimum Gasteiger partial charge on any atom is -0.465 e. The lowest BCUT2D eigenvalue weighted by Gasteiger charge is -2.32. The molecule has 0 amide bonds. The number of hydrogen-bond acceptors (Lipinski definition) is 5. The van der Waals surface area contributed by atoms with Gasteiger partial charge in [-0.05, 0) is 51.4 Å². The van der Waals surface area contributed by atoms with Crippen LogP contribution in [-0.2, 0) is 14.0 Å². The number of rotatable bonds is 3. The third kappa shape index (κ3) is 3.84. The van der Waals surface area contributed by atoms with Gasteiger partial charge in [-0.3, -0.25) is 0 Å². The van der Waals surface area contributed by atoms with E-state index in [1.165, 1.54) is 6.07 Å². The summed E-state index contributed by atoms with van der Waals surface area (Å²) in [5, 5.41) is 0. The number of methoxy groups -OCH3 is 1. The van der Waals surface area contributed by atoms with E-state index in [1.54, 1.807) is 0 Å². The van der Waals surface area contributed by atoms with Crippen molar-refractivity contribution in [1.29, 1.82) is 0 Å². The second-order valence-corrected chi connectivity index (χ2v) is 6.42. The van der Waals surface area contributed by atoms with Crippen molar-refractivity contribution in [3.05, 3.63) is 23.8 Å². The molecule has 2 rings (SSSR count). The van der Waals surface area contributed by atoms with Gasteiger partial charge in [-0.1, -0.05) is 0 Å². The van der Waals surface area contributed by atoms with Crippen LogP contribution in [0, 0.1) is 0 Å². The number of hydrogen-bond donors (Lipinski definition) is 0. The summed E-state index contributed by atoms with van der Waals surface area (Å²) in [5.41, 5.74) is -1.21. The molecule has 24 heavy (non-hydrogen) atoms. The van der Waals surface area contributed by atoms with Crippen LogP contribution in [0.1, 0.15) is 38.1 Å². The quantitative estimate of drug-likeness (QED) is 0.622. The van der Waals surface area contributed by atoms with E-state index in [4.69, 9.17) is 9.31 Å². The van der Waals surface area contributed by atoms with E-state index in [1.807, 2.05) is 27.7 Å². The highest BCUT2D eigenvalue weighted by molar-refractivity contribution is 6.62. The molecule has 0 aromatic heterocycles. The maximum absolute atomic E-state index is 12.5. The predicted octanol–water partition coefficient (Wildman–Crippen LogP) is 2.67. The van der Waals surface area contributed by atoms with Gasteiger partial charge >= 0.3 is 19.5 Å². The lowest BCUT2D eigenvalue weighted by atomic mass is 9.78. The number of halogens is 3. The normalized spacial score (nSPS) is 19.2. The molecular weight excluding hydrogens is 328 g/mol. The third-order valence-corrected chi connectivity index (χ3v) is 4.11. The largest absolute Gasteiger partial charge is 0.573 e. The number of ether oxygens (including phenoxy) is 2. The third-order valence-electron chi connectivity index (χ3n) is 4.11. The average molecular weight is 346 g/mol. The van der Waals surface area contributed by atoms with Crippen LogP contribution in [0.4, 0.5) is 13.2 Å². The lowest BCUT2D eigenvalue weighted by molar-refractivity contribution is -0.274. The minimum absolute atomic E-state index is 0.0936. The van der Waals surface area contributed by atoms with E-state index >= 15 is 0 Å². The maximum Gasteiger partial charge on any atom is 0.573 e. The van der Waals surface area contributed by atoms with Gasteiger partial charge in [0.1, 0.15) is 5.75 Å². The Morgan fingerprint density at radius 2 is 1.62 bits per heavy atom. The van der Waals surface area contributed by atoms with Gasteiger partial charge in [0.15, 0.2) is 0 Å². The Bertz CT molecular complexity index is 626. The second kappa shape index (κ2) is 5.96. The lowest BCUT2D eigenvalue weighted by Crippen LogP contribution is -2.41. The molecule has 1 heterocycles. The first-order chi connectivity index (χ1) is 10.8. The SMILES string of the molecule is COC(=O)c1cc(OC(F)(F)F)cc(B2OC(C)(C)C(C)(C)O2)c1. The zero-order chi connectivity index (χ0) is 18.3. The van der Waals surface area contributed by atoms with Crippen molar-refractivity contribution in [1.82, 2.24) is 0 Å². The van der Waals surface area contributed by atoms with E-state index in [0.29, 0.717) is 0 Å². The molecule has 5 nitrogen and oxygen atoms in total. The summed E-state index contributed by atoms with van der Waals surface area (Å²) in [4.78, 5) is 11.7. The molecule has 0 atom stereocenters. The number of carbonyl (C=O) groups excluding carboxylic acids is 1. The van der Waals surface area contributed by atoms with Gasteiger partial charge in [0.2, 0.25) is 0 Å². The first kappa shape index (κ1) is 18.6. The van der Waals surface area contributed by atoms with E-state index in [2.05, 4.69) is 9.47 Å². The summed E-state index contributed by atoms with van der Waals surface area (Å²) in [7, 11) is 0.198. The molecule has 1 fully saturated rings. The smallest absolute Gasteiger partial charge is 0.465 e. The van der Waals surface area contributed by atoms with Crippen LogP contribution < -0.4 is 10.2 Å². The Morgan fingerprint density at radius 3 is 2.08 bits per heavy atom. The van der Waals surface area contributed by atoms with Crippen LogP contribution in [0.15, 0.2) is 18.2 Å². The first-order valence-electron chi connectivity index (χ1n) is 7.19. The van der Waals surface area contributed by atoms with Gasteiger partial charge in [-0.25, -0.2) is 4.79 Å². The van der Waals surface area contributed by atoms with Gasteiger partial charge in [0.25, 0.3) is 0 Å². The van der Waals surface area contributed by atoms with Crippen LogP contribution in [0.2, 0.25) is 0 Å². The predicted molar refractivity (Wildman–Crippen MR) is 80.2 cm³/mol. The topological polar surface area (TPSA) is 54.0 Å². The monoisotopic (exact) mass is 346 g/mol. The molecule has 132 valence electrons. The average Bonchev–Trinajstić information content (AvgIpc) is 2.64. The summed E-state index contributed by atoms with van der Waals surface area (Å²) >= 11 is 0. The van der Waals surface area contributed by atoms with Crippen molar-refractivity contribution in [3.8, 4) is 5.75 Å². The van der Waals surface area contributed by atoms with Crippen LogP contribution in [0.3, 0.4) is 0 Å². The van der Waals surface area contributed by atoms with Crippen LogP contribution in [0.25, 0.3) is 0 Å².